The molecule has 0 amide bonds. The largest absolute Gasteiger partial charge is 0.387 e. The summed E-state index contributed by atoms with van der Waals surface area (Å²) in [6.07, 6.45) is -0.0169. The van der Waals surface area contributed by atoms with Crippen LogP contribution < -0.4 is 5.73 Å². The Labute approximate surface area is 83.6 Å². The summed E-state index contributed by atoms with van der Waals surface area (Å²) >= 11 is 0. The smallest absolute Gasteiger partial charge is 0.126 e. The molecule has 0 fully saturated rings. The number of aliphatic hydroxyl groups excluding tert-OH is 1. The number of benzene rings is 1. The molecule has 3 N–H and O–H groups in total. The first-order chi connectivity index (χ1) is 6.56. The van der Waals surface area contributed by atoms with Gasteiger partial charge >= 0.3 is 0 Å². The van der Waals surface area contributed by atoms with Crippen LogP contribution in [0.4, 0.5) is 4.39 Å². The monoisotopic (exact) mass is 197 g/mol. The zero-order valence-corrected chi connectivity index (χ0v) is 8.50. The van der Waals surface area contributed by atoms with Crippen LogP contribution >= 0.6 is 0 Å². The number of aliphatic hydroxyl groups is 1. The van der Waals surface area contributed by atoms with E-state index >= 15 is 0 Å². The number of hydrogen-bond donors (Lipinski definition) is 2. The summed E-state index contributed by atoms with van der Waals surface area (Å²) in [5.41, 5.74) is 6.90. The zero-order chi connectivity index (χ0) is 10.7. The fourth-order valence-corrected chi connectivity index (χ4v) is 1.32. The Hall–Kier alpha value is -0.930. The first-order valence-corrected chi connectivity index (χ1v) is 4.76. The van der Waals surface area contributed by atoms with Gasteiger partial charge in [0.05, 0.1) is 6.10 Å². The molecule has 3 heteroatoms. The van der Waals surface area contributed by atoms with Gasteiger partial charge in [0.2, 0.25) is 0 Å². The summed E-state index contributed by atoms with van der Waals surface area (Å²) in [7, 11) is 0. The van der Waals surface area contributed by atoms with Crippen molar-refractivity contribution in [2.24, 2.45) is 5.73 Å². The van der Waals surface area contributed by atoms with E-state index in [1.165, 1.54) is 6.07 Å². The standard InChI is InChI=1S/C11H16FNO/c1-3-10(13)11(14)8-4-5-9(12)7(2)6-8/h4-6,10-11,14H,3,13H2,1-2H3/t10-,11-/m1/s1. The fourth-order valence-electron chi connectivity index (χ4n) is 1.32. The second kappa shape index (κ2) is 4.53. The highest BCUT2D eigenvalue weighted by atomic mass is 19.1. The van der Waals surface area contributed by atoms with Crippen LogP contribution in [0, 0.1) is 12.7 Å². The highest BCUT2D eigenvalue weighted by Gasteiger charge is 2.15. The molecule has 0 saturated carbocycles. The molecule has 0 bridgehead atoms. The van der Waals surface area contributed by atoms with Gasteiger partial charge in [-0.3, -0.25) is 0 Å². The van der Waals surface area contributed by atoms with Crippen LogP contribution in [0.1, 0.15) is 30.6 Å². The van der Waals surface area contributed by atoms with Crippen LogP contribution in [0.3, 0.4) is 0 Å². The van der Waals surface area contributed by atoms with E-state index in [0.717, 1.165) is 0 Å². The minimum Gasteiger partial charge on any atom is -0.387 e. The van der Waals surface area contributed by atoms with Gasteiger partial charge in [-0.1, -0.05) is 19.1 Å². The van der Waals surface area contributed by atoms with Gasteiger partial charge in [0.1, 0.15) is 5.82 Å². The quantitative estimate of drug-likeness (QED) is 0.777. The van der Waals surface area contributed by atoms with Crippen molar-refractivity contribution in [3.05, 3.63) is 35.1 Å². The maximum absolute atomic E-state index is 12.9. The molecular formula is C11H16FNO. The summed E-state index contributed by atoms with van der Waals surface area (Å²) in [6, 6.07) is 4.27. The number of nitrogens with two attached hydrogens (primary N) is 1. The molecule has 78 valence electrons. The molecule has 1 aromatic carbocycles. The second-order valence-electron chi connectivity index (χ2n) is 3.53. The van der Waals surface area contributed by atoms with Crippen molar-refractivity contribution in [1.82, 2.24) is 0 Å². The van der Waals surface area contributed by atoms with E-state index in [4.69, 9.17) is 5.73 Å². The summed E-state index contributed by atoms with van der Waals surface area (Å²) in [5.74, 6) is -0.258. The first kappa shape index (κ1) is 11.1. The Balaban J connectivity index is 2.91. The van der Waals surface area contributed by atoms with E-state index < -0.39 is 6.10 Å². The number of hydrogen-bond acceptors (Lipinski definition) is 2. The first-order valence-electron chi connectivity index (χ1n) is 4.76. The minimum absolute atomic E-state index is 0.258. The third-order valence-electron chi connectivity index (χ3n) is 2.40. The molecule has 0 spiro atoms. The normalized spacial score (nSPS) is 15.2. The Kier molecular flexibility index (Phi) is 3.61. The number of halogens is 1. The molecule has 0 heterocycles. The second-order valence-corrected chi connectivity index (χ2v) is 3.53. The van der Waals surface area contributed by atoms with Crippen LogP contribution in [0.25, 0.3) is 0 Å². The lowest BCUT2D eigenvalue weighted by Crippen LogP contribution is -2.27. The predicted molar refractivity (Wildman–Crippen MR) is 54.4 cm³/mol. The van der Waals surface area contributed by atoms with Crippen molar-refractivity contribution in [3.8, 4) is 0 Å². The van der Waals surface area contributed by atoms with Crippen LogP contribution in [0.5, 0.6) is 0 Å². The van der Waals surface area contributed by atoms with E-state index in [1.807, 2.05) is 6.92 Å². The van der Waals surface area contributed by atoms with Gasteiger partial charge in [0.15, 0.2) is 0 Å². The topological polar surface area (TPSA) is 46.2 Å². The van der Waals surface area contributed by atoms with E-state index in [0.29, 0.717) is 17.5 Å². The third kappa shape index (κ3) is 2.30. The molecule has 2 nitrogen and oxygen atoms in total. The lowest BCUT2D eigenvalue weighted by Gasteiger charge is -2.17. The molecule has 1 aromatic rings. The van der Waals surface area contributed by atoms with Crippen molar-refractivity contribution in [3.63, 3.8) is 0 Å². The van der Waals surface area contributed by atoms with Crippen LogP contribution in [-0.2, 0) is 0 Å². The zero-order valence-electron chi connectivity index (χ0n) is 8.50. The lowest BCUT2D eigenvalue weighted by molar-refractivity contribution is 0.144. The summed E-state index contributed by atoms with van der Waals surface area (Å²) in [6.45, 7) is 3.58. The number of rotatable bonds is 3. The molecular weight excluding hydrogens is 181 g/mol. The Morgan fingerprint density at radius 2 is 2.14 bits per heavy atom. The Bertz CT molecular complexity index is 314. The van der Waals surface area contributed by atoms with Crippen LogP contribution in [-0.4, -0.2) is 11.1 Å². The Morgan fingerprint density at radius 3 is 2.64 bits per heavy atom. The van der Waals surface area contributed by atoms with Crippen molar-refractivity contribution < 1.29 is 9.50 Å². The van der Waals surface area contributed by atoms with Gasteiger partial charge in [-0.25, -0.2) is 4.39 Å². The Morgan fingerprint density at radius 1 is 1.50 bits per heavy atom. The van der Waals surface area contributed by atoms with E-state index in [9.17, 15) is 9.50 Å². The molecule has 0 saturated heterocycles. The van der Waals surface area contributed by atoms with Crippen molar-refractivity contribution in [2.45, 2.75) is 32.4 Å². The maximum Gasteiger partial charge on any atom is 0.126 e. The highest BCUT2D eigenvalue weighted by Crippen LogP contribution is 2.19. The van der Waals surface area contributed by atoms with Crippen LogP contribution in [0.15, 0.2) is 18.2 Å². The molecule has 0 aliphatic heterocycles. The molecule has 2 atom stereocenters. The lowest BCUT2D eigenvalue weighted by atomic mass is 9.99. The van der Waals surface area contributed by atoms with Crippen molar-refractivity contribution in [1.29, 1.82) is 0 Å². The van der Waals surface area contributed by atoms with Gasteiger partial charge < -0.3 is 10.8 Å². The molecule has 14 heavy (non-hydrogen) atoms. The van der Waals surface area contributed by atoms with Crippen molar-refractivity contribution >= 4 is 0 Å². The van der Waals surface area contributed by atoms with Gasteiger partial charge in [-0.15, -0.1) is 0 Å². The molecule has 0 radical (unpaired) electrons. The van der Waals surface area contributed by atoms with E-state index in [2.05, 4.69) is 0 Å². The predicted octanol–water partition coefficient (Wildman–Crippen LogP) is 1.90. The molecule has 0 aliphatic rings. The minimum atomic E-state index is -0.709. The van der Waals surface area contributed by atoms with Gasteiger partial charge in [0.25, 0.3) is 0 Å². The van der Waals surface area contributed by atoms with Crippen LogP contribution in [0.2, 0.25) is 0 Å². The summed E-state index contributed by atoms with van der Waals surface area (Å²) in [4.78, 5) is 0. The summed E-state index contributed by atoms with van der Waals surface area (Å²) < 4.78 is 12.9. The van der Waals surface area contributed by atoms with E-state index in [1.54, 1.807) is 19.1 Å². The average molecular weight is 197 g/mol. The SMILES string of the molecule is CC[C@@H](N)[C@H](O)c1ccc(F)c(C)c1. The number of aryl methyl sites for hydroxylation is 1. The van der Waals surface area contributed by atoms with E-state index in [-0.39, 0.29) is 11.9 Å². The van der Waals surface area contributed by atoms with Gasteiger partial charge in [-0.05, 0) is 30.5 Å². The van der Waals surface area contributed by atoms with Gasteiger partial charge in [-0.2, -0.15) is 0 Å². The fraction of sp³-hybridized carbons (Fsp3) is 0.455. The summed E-state index contributed by atoms with van der Waals surface area (Å²) in [5, 5.41) is 9.76. The molecule has 0 unspecified atom stereocenters. The molecule has 0 aromatic heterocycles. The van der Waals surface area contributed by atoms with Gasteiger partial charge in [0, 0.05) is 6.04 Å². The third-order valence-corrected chi connectivity index (χ3v) is 2.40. The highest BCUT2D eigenvalue weighted by molar-refractivity contribution is 5.26. The van der Waals surface area contributed by atoms with Crippen molar-refractivity contribution in [2.75, 3.05) is 0 Å². The molecule has 0 aliphatic carbocycles. The molecule has 1 rings (SSSR count). The maximum atomic E-state index is 12.9. The average Bonchev–Trinajstić information content (AvgIpc) is 2.20.